The number of carbonyl (C=O) groups is 2. The largest absolute Gasteiger partial charge is 0.493 e. The molecule has 0 aromatic heterocycles. The Morgan fingerprint density at radius 2 is 2.00 bits per heavy atom. The quantitative estimate of drug-likeness (QED) is 0.780. The summed E-state index contributed by atoms with van der Waals surface area (Å²) < 4.78 is 21.2. The lowest BCUT2D eigenvalue weighted by molar-refractivity contribution is -0.145. The van der Waals surface area contributed by atoms with Crippen molar-refractivity contribution < 1.29 is 28.5 Å². The van der Waals surface area contributed by atoms with Crippen molar-refractivity contribution in [2.45, 2.75) is 18.9 Å². The number of benzene rings is 1. The van der Waals surface area contributed by atoms with Crippen LogP contribution in [0, 0.1) is 0 Å². The molecule has 1 aromatic carbocycles. The van der Waals surface area contributed by atoms with Crippen LogP contribution in [-0.4, -0.2) is 56.8 Å². The van der Waals surface area contributed by atoms with Gasteiger partial charge in [-0.1, -0.05) is 0 Å². The Bertz CT molecular complexity index is 612. The number of esters is 1. The first-order valence-electron chi connectivity index (χ1n) is 7.52. The highest BCUT2D eigenvalue weighted by Gasteiger charge is 2.36. The molecule has 0 N–H and O–H groups in total. The number of rotatable bonds is 3. The number of hydrogen-bond donors (Lipinski definition) is 0. The van der Waals surface area contributed by atoms with E-state index >= 15 is 0 Å². The Labute approximate surface area is 134 Å². The number of nitrogens with zero attached hydrogens (tertiary/aromatic N) is 1. The predicted molar refractivity (Wildman–Crippen MR) is 80.1 cm³/mol. The summed E-state index contributed by atoms with van der Waals surface area (Å²) in [7, 11) is 2.84. The van der Waals surface area contributed by atoms with Gasteiger partial charge in [0, 0.05) is 12.1 Å². The Hall–Kier alpha value is -2.44. The second-order valence-corrected chi connectivity index (χ2v) is 5.38. The first-order chi connectivity index (χ1) is 11.2. The van der Waals surface area contributed by atoms with Gasteiger partial charge >= 0.3 is 5.97 Å². The van der Waals surface area contributed by atoms with E-state index in [4.69, 9.17) is 18.9 Å². The van der Waals surface area contributed by atoms with Gasteiger partial charge in [0.15, 0.2) is 11.5 Å². The van der Waals surface area contributed by atoms with Crippen molar-refractivity contribution >= 4 is 11.9 Å². The van der Waals surface area contributed by atoms with Gasteiger partial charge in [-0.15, -0.1) is 0 Å². The number of likely N-dealkylation sites (tertiary alicyclic amines) is 1. The van der Waals surface area contributed by atoms with E-state index in [1.165, 1.54) is 19.1 Å². The van der Waals surface area contributed by atoms with Gasteiger partial charge in [0.1, 0.15) is 19.3 Å². The highest BCUT2D eigenvalue weighted by atomic mass is 16.6. The van der Waals surface area contributed by atoms with Crippen LogP contribution in [0.3, 0.4) is 0 Å². The Kier molecular flexibility index (Phi) is 4.27. The molecule has 0 saturated carbocycles. The molecule has 1 unspecified atom stereocenters. The summed E-state index contributed by atoms with van der Waals surface area (Å²) in [5, 5.41) is 0. The van der Waals surface area contributed by atoms with Gasteiger partial charge in [-0.3, -0.25) is 4.79 Å². The van der Waals surface area contributed by atoms with Crippen molar-refractivity contribution in [1.82, 2.24) is 4.90 Å². The molecule has 3 rings (SSSR count). The average molecular weight is 321 g/mol. The van der Waals surface area contributed by atoms with Crippen molar-refractivity contribution in [3.63, 3.8) is 0 Å². The standard InChI is InChI=1S/C16H19NO6/c1-20-12-8-10(9-13-14(12)23-7-6-22-13)15(18)17-5-3-4-11(17)16(19)21-2/h8-9,11H,3-7H2,1-2H3. The van der Waals surface area contributed by atoms with Gasteiger partial charge in [0.05, 0.1) is 14.2 Å². The fraction of sp³-hybridized carbons (Fsp3) is 0.500. The molecule has 1 amide bonds. The first-order valence-corrected chi connectivity index (χ1v) is 7.52. The smallest absolute Gasteiger partial charge is 0.328 e. The second-order valence-electron chi connectivity index (χ2n) is 5.38. The van der Waals surface area contributed by atoms with Crippen LogP contribution in [-0.2, 0) is 9.53 Å². The summed E-state index contributed by atoms with van der Waals surface area (Å²) in [6, 6.07) is 2.71. The van der Waals surface area contributed by atoms with Crippen molar-refractivity contribution in [3.8, 4) is 17.2 Å². The van der Waals surface area contributed by atoms with Crippen LogP contribution in [0.25, 0.3) is 0 Å². The molecule has 1 atom stereocenters. The molecular formula is C16H19NO6. The van der Waals surface area contributed by atoms with E-state index in [9.17, 15) is 9.59 Å². The molecule has 0 bridgehead atoms. The molecule has 7 nitrogen and oxygen atoms in total. The minimum Gasteiger partial charge on any atom is -0.493 e. The number of hydrogen-bond acceptors (Lipinski definition) is 6. The zero-order valence-corrected chi connectivity index (χ0v) is 13.2. The summed E-state index contributed by atoms with van der Waals surface area (Å²) in [5.74, 6) is 0.793. The monoisotopic (exact) mass is 321 g/mol. The topological polar surface area (TPSA) is 74.3 Å². The summed E-state index contributed by atoms with van der Waals surface area (Å²) >= 11 is 0. The predicted octanol–water partition coefficient (Wildman–Crippen LogP) is 1.24. The van der Waals surface area contributed by atoms with Crippen LogP contribution in [0.15, 0.2) is 12.1 Å². The van der Waals surface area contributed by atoms with Crippen molar-refractivity contribution in [1.29, 1.82) is 0 Å². The van der Waals surface area contributed by atoms with Gasteiger partial charge in [-0.05, 0) is 25.0 Å². The molecule has 7 heteroatoms. The minimum absolute atomic E-state index is 0.242. The molecule has 1 saturated heterocycles. The number of fused-ring (bicyclic) bond motifs is 1. The maximum atomic E-state index is 12.8. The Morgan fingerprint density at radius 3 is 2.74 bits per heavy atom. The van der Waals surface area contributed by atoms with Crippen LogP contribution in [0.4, 0.5) is 0 Å². The summed E-state index contributed by atoms with van der Waals surface area (Å²) in [4.78, 5) is 26.2. The fourth-order valence-electron chi connectivity index (χ4n) is 2.95. The Balaban J connectivity index is 1.91. The van der Waals surface area contributed by atoms with E-state index < -0.39 is 6.04 Å². The lowest BCUT2D eigenvalue weighted by Crippen LogP contribution is -2.41. The highest BCUT2D eigenvalue weighted by Crippen LogP contribution is 2.41. The molecule has 0 spiro atoms. The van der Waals surface area contributed by atoms with E-state index in [-0.39, 0.29) is 11.9 Å². The van der Waals surface area contributed by atoms with Crippen LogP contribution >= 0.6 is 0 Å². The minimum atomic E-state index is -0.535. The van der Waals surface area contributed by atoms with Crippen molar-refractivity contribution in [2.24, 2.45) is 0 Å². The van der Waals surface area contributed by atoms with Gasteiger partial charge in [-0.2, -0.15) is 0 Å². The molecule has 2 aliphatic rings. The van der Waals surface area contributed by atoms with Crippen LogP contribution < -0.4 is 14.2 Å². The van der Waals surface area contributed by atoms with Crippen LogP contribution in [0.5, 0.6) is 17.2 Å². The molecular weight excluding hydrogens is 302 g/mol. The molecule has 2 heterocycles. The average Bonchev–Trinajstić information content (AvgIpc) is 3.09. The number of amides is 1. The maximum absolute atomic E-state index is 12.8. The zero-order chi connectivity index (χ0) is 16.4. The van der Waals surface area contributed by atoms with E-state index in [1.807, 2.05) is 0 Å². The van der Waals surface area contributed by atoms with Gasteiger partial charge in [0.2, 0.25) is 5.75 Å². The van der Waals surface area contributed by atoms with E-state index in [0.717, 1.165) is 6.42 Å². The summed E-state index contributed by atoms with van der Waals surface area (Å²) in [5.41, 5.74) is 0.405. The zero-order valence-electron chi connectivity index (χ0n) is 13.2. The van der Waals surface area contributed by atoms with Gasteiger partial charge in [0.25, 0.3) is 5.91 Å². The number of carbonyl (C=O) groups excluding carboxylic acids is 2. The van der Waals surface area contributed by atoms with Crippen molar-refractivity contribution in [3.05, 3.63) is 17.7 Å². The first kappa shape index (κ1) is 15.5. The lowest BCUT2D eigenvalue weighted by Gasteiger charge is -2.25. The molecule has 0 aliphatic carbocycles. The molecule has 2 aliphatic heterocycles. The molecule has 1 aromatic rings. The van der Waals surface area contributed by atoms with Crippen molar-refractivity contribution in [2.75, 3.05) is 34.0 Å². The number of methoxy groups -OCH3 is 2. The molecule has 124 valence electrons. The normalized spacial score (nSPS) is 19.4. The Morgan fingerprint density at radius 1 is 1.22 bits per heavy atom. The fourth-order valence-corrected chi connectivity index (χ4v) is 2.95. The molecule has 1 fully saturated rings. The molecule has 0 radical (unpaired) electrons. The second kappa shape index (κ2) is 6.36. The van der Waals surface area contributed by atoms with Crippen LogP contribution in [0.1, 0.15) is 23.2 Å². The van der Waals surface area contributed by atoms with Crippen LogP contribution in [0.2, 0.25) is 0 Å². The van der Waals surface area contributed by atoms with E-state index in [1.54, 1.807) is 12.1 Å². The summed E-state index contributed by atoms with van der Waals surface area (Å²) in [6.07, 6.45) is 1.38. The van der Waals surface area contributed by atoms with E-state index in [0.29, 0.717) is 49.0 Å². The SMILES string of the molecule is COC(=O)C1CCCN1C(=O)c1cc(OC)c2c(c1)OCCO2. The third-order valence-corrected chi connectivity index (χ3v) is 4.06. The highest BCUT2D eigenvalue weighted by molar-refractivity contribution is 5.98. The van der Waals surface area contributed by atoms with E-state index in [2.05, 4.69) is 0 Å². The summed E-state index contributed by atoms with van der Waals surface area (Å²) in [6.45, 7) is 1.38. The lowest BCUT2D eigenvalue weighted by atomic mass is 10.1. The third kappa shape index (κ3) is 2.78. The maximum Gasteiger partial charge on any atom is 0.328 e. The molecule has 23 heavy (non-hydrogen) atoms. The number of ether oxygens (including phenoxy) is 4. The third-order valence-electron chi connectivity index (χ3n) is 4.06. The van der Waals surface area contributed by atoms with Gasteiger partial charge in [-0.25, -0.2) is 4.79 Å². The van der Waals surface area contributed by atoms with Gasteiger partial charge < -0.3 is 23.8 Å².